The summed E-state index contributed by atoms with van der Waals surface area (Å²) in [5.74, 6) is 0.496. The topological polar surface area (TPSA) is 46.3 Å². The van der Waals surface area contributed by atoms with Crippen LogP contribution >= 0.6 is 0 Å². The van der Waals surface area contributed by atoms with Gasteiger partial charge < -0.3 is 10.6 Å². The molecule has 1 aliphatic rings. The molecule has 0 aromatic heterocycles. The van der Waals surface area contributed by atoms with Gasteiger partial charge in [0.2, 0.25) is 5.91 Å². The van der Waals surface area contributed by atoms with Crippen LogP contribution in [0.1, 0.15) is 40.0 Å². The highest BCUT2D eigenvalue weighted by Gasteiger charge is 2.45. The molecule has 2 atom stereocenters. The fourth-order valence-electron chi connectivity index (χ4n) is 1.71. The number of carbonyl (C=O) groups excluding carboxylic acids is 1. The molecular formula is C11H22N2O. The van der Waals surface area contributed by atoms with E-state index >= 15 is 0 Å². The minimum Gasteiger partial charge on any atom is -0.341 e. The van der Waals surface area contributed by atoms with Crippen molar-refractivity contribution in [2.24, 2.45) is 11.7 Å². The first kappa shape index (κ1) is 11.5. The van der Waals surface area contributed by atoms with Gasteiger partial charge in [0.25, 0.3) is 0 Å². The van der Waals surface area contributed by atoms with Gasteiger partial charge >= 0.3 is 0 Å². The number of nitrogens with zero attached hydrogens (tertiary/aromatic N) is 1. The summed E-state index contributed by atoms with van der Waals surface area (Å²) >= 11 is 0. The second-order valence-electron chi connectivity index (χ2n) is 4.73. The van der Waals surface area contributed by atoms with E-state index in [2.05, 4.69) is 13.8 Å². The minimum atomic E-state index is -0.641. The van der Waals surface area contributed by atoms with Crippen LogP contribution in [0, 0.1) is 5.92 Å². The van der Waals surface area contributed by atoms with E-state index in [9.17, 15) is 4.79 Å². The van der Waals surface area contributed by atoms with Gasteiger partial charge in [-0.25, -0.2) is 0 Å². The Hall–Kier alpha value is -0.570. The lowest BCUT2D eigenvalue weighted by atomic mass is 9.95. The smallest absolute Gasteiger partial charge is 0.242 e. The maximum atomic E-state index is 12.0. The van der Waals surface area contributed by atoms with Gasteiger partial charge in [-0.2, -0.15) is 0 Å². The quantitative estimate of drug-likeness (QED) is 0.741. The average Bonchev–Trinajstić information content (AvgIpc) is 2.97. The molecule has 3 nitrogen and oxygen atoms in total. The molecule has 0 heterocycles. The van der Waals surface area contributed by atoms with Crippen LogP contribution in [-0.2, 0) is 4.79 Å². The molecule has 0 aliphatic heterocycles. The maximum absolute atomic E-state index is 12.0. The molecule has 82 valence electrons. The van der Waals surface area contributed by atoms with Gasteiger partial charge in [-0.1, -0.05) is 6.92 Å². The summed E-state index contributed by atoms with van der Waals surface area (Å²) in [5.41, 5.74) is 5.43. The van der Waals surface area contributed by atoms with Crippen LogP contribution in [0.5, 0.6) is 0 Å². The highest BCUT2D eigenvalue weighted by Crippen LogP contribution is 2.39. The minimum absolute atomic E-state index is 0.0920. The van der Waals surface area contributed by atoms with Crippen LogP contribution in [0.2, 0.25) is 0 Å². The second kappa shape index (κ2) is 3.89. The molecule has 0 aromatic rings. The zero-order chi connectivity index (χ0) is 10.9. The third-order valence-corrected chi connectivity index (χ3v) is 3.46. The summed E-state index contributed by atoms with van der Waals surface area (Å²) in [7, 11) is 1.85. The van der Waals surface area contributed by atoms with Crippen molar-refractivity contribution in [3.8, 4) is 0 Å². The molecule has 1 aliphatic carbocycles. The van der Waals surface area contributed by atoms with Gasteiger partial charge in [0.15, 0.2) is 0 Å². The summed E-state index contributed by atoms with van der Waals surface area (Å²) in [6.07, 6.45) is 3.18. The van der Waals surface area contributed by atoms with Gasteiger partial charge in [0.05, 0.1) is 5.54 Å². The van der Waals surface area contributed by atoms with Crippen LogP contribution in [0.15, 0.2) is 0 Å². The van der Waals surface area contributed by atoms with Crippen molar-refractivity contribution in [1.82, 2.24) is 4.90 Å². The summed E-state index contributed by atoms with van der Waals surface area (Å²) in [6.45, 7) is 6.01. The molecule has 1 fully saturated rings. The number of rotatable bonds is 4. The molecule has 1 rings (SSSR count). The monoisotopic (exact) mass is 198 g/mol. The molecule has 0 saturated heterocycles. The summed E-state index contributed by atoms with van der Waals surface area (Å²) in [5, 5.41) is 0. The lowest BCUT2D eigenvalue weighted by molar-refractivity contribution is -0.137. The molecule has 0 radical (unpaired) electrons. The Morgan fingerprint density at radius 1 is 1.64 bits per heavy atom. The van der Waals surface area contributed by atoms with Crippen LogP contribution in [-0.4, -0.2) is 29.4 Å². The van der Waals surface area contributed by atoms with Gasteiger partial charge in [0, 0.05) is 13.1 Å². The van der Waals surface area contributed by atoms with E-state index in [-0.39, 0.29) is 11.9 Å². The molecule has 0 aromatic carbocycles. The molecule has 3 heteroatoms. The van der Waals surface area contributed by atoms with Gasteiger partial charge in [-0.3, -0.25) is 4.79 Å². The Morgan fingerprint density at radius 3 is 2.50 bits per heavy atom. The highest BCUT2D eigenvalue weighted by molar-refractivity contribution is 5.86. The van der Waals surface area contributed by atoms with Crippen molar-refractivity contribution in [1.29, 1.82) is 0 Å². The molecular weight excluding hydrogens is 176 g/mol. The molecule has 2 N–H and O–H groups in total. The Kier molecular flexibility index (Phi) is 3.20. The van der Waals surface area contributed by atoms with E-state index in [4.69, 9.17) is 5.73 Å². The maximum Gasteiger partial charge on any atom is 0.242 e. The second-order valence-corrected chi connectivity index (χ2v) is 4.73. The normalized spacial score (nSPS) is 22.6. The first-order chi connectivity index (χ1) is 6.41. The Bertz CT molecular complexity index is 221. The van der Waals surface area contributed by atoms with E-state index in [0.717, 1.165) is 19.3 Å². The first-order valence-corrected chi connectivity index (χ1v) is 5.47. The van der Waals surface area contributed by atoms with E-state index in [1.54, 1.807) is 4.90 Å². The predicted octanol–water partition coefficient (Wildman–Crippen LogP) is 1.37. The van der Waals surface area contributed by atoms with Crippen LogP contribution in [0.3, 0.4) is 0 Å². The third-order valence-electron chi connectivity index (χ3n) is 3.46. The summed E-state index contributed by atoms with van der Waals surface area (Å²) in [6, 6.07) is 0.282. The van der Waals surface area contributed by atoms with Gasteiger partial charge in [-0.05, 0) is 39.0 Å². The summed E-state index contributed by atoms with van der Waals surface area (Å²) in [4.78, 5) is 13.8. The number of hydrogen-bond donors (Lipinski definition) is 1. The number of carbonyl (C=O) groups is 1. The van der Waals surface area contributed by atoms with Crippen molar-refractivity contribution in [3.63, 3.8) is 0 Å². The van der Waals surface area contributed by atoms with Gasteiger partial charge in [0.1, 0.15) is 0 Å². The predicted molar refractivity (Wildman–Crippen MR) is 57.8 cm³/mol. The SMILES string of the molecule is CCC(C)N(C)C(=O)C(C)(N)C1CC1. The fraction of sp³-hybridized carbons (Fsp3) is 0.909. The fourth-order valence-corrected chi connectivity index (χ4v) is 1.71. The first-order valence-electron chi connectivity index (χ1n) is 5.47. The zero-order valence-electron chi connectivity index (χ0n) is 9.71. The van der Waals surface area contributed by atoms with Crippen molar-refractivity contribution in [3.05, 3.63) is 0 Å². The van der Waals surface area contributed by atoms with Gasteiger partial charge in [-0.15, -0.1) is 0 Å². The Balaban J connectivity index is 2.63. The zero-order valence-corrected chi connectivity index (χ0v) is 9.71. The van der Waals surface area contributed by atoms with Crippen molar-refractivity contribution in [2.75, 3.05) is 7.05 Å². The number of likely N-dealkylation sites (N-methyl/N-ethyl adjacent to an activating group) is 1. The standard InChI is InChI=1S/C11H22N2O/c1-5-8(2)13(4)10(14)11(3,12)9-6-7-9/h8-9H,5-7,12H2,1-4H3. The number of hydrogen-bond acceptors (Lipinski definition) is 2. The van der Waals surface area contributed by atoms with Crippen molar-refractivity contribution >= 4 is 5.91 Å². The van der Waals surface area contributed by atoms with Crippen molar-refractivity contribution in [2.45, 2.75) is 51.6 Å². The number of amides is 1. The molecule has 0 spiro atoms. The Labute approximate surface area is 86.6 Å². The molecule has 2 unspecified atom stereocenters. The molecule has 14 heavy (non-hydrogen) atoms. The lowest BCUT2D eigenvalue weighted by Crippen LogP contribution is -2.55. The van der Waals surface area contributed by atoms with E-state index in [1.807, 2.05) is 14.0 Å². The van der Waals surface area contributed by atoms with E-state index in [1.165, 1.54) is 0 Å². The summed E-state index contributed by atoms with van der Waals surface area (Å²) < 4.78 is 0. The largest absolute Gasteiger partial charge is 0.341 e. The van der Waals surface area contributed by atoms with E-state index in [0.29, 0.717) is 5.92 Å². The van der Waals surface area contributed by atoms with Crippen molar-refractivity contribution < 1.29 is 4.79 Å². The number of nitrogens with two attached hydrogens (primary N) is 1. The van der Waals surface area contributed by atoms with Crippen LogP contribution < -0.4 is 5.73 Å². The van der Waals surface area contributed by atoms with Crippen LogP contribution in [0.4, 0.5) is 0 Å². The molecule has 0 bridgehead atoms. The lowest BCUT2D eigenvalue weighted by Gasteiger charge is -2.32. The highest BCUT2D eigenvalue weighted by atomic mass is 16.2. The van der Waals surface area contributed by atoms with E-state index < -0.39 is 5.54 Å². The molecule has 1 amide bonds. The Morgan fingerprint density at radius 2 is 2.14 bits per heavy atom. The molecule has 1 saturated carbocycles. The average molecular weight is 198 g/mol. The third kappa shape index (κ3) is 2.08. The van der Waals surface area contributed by atoms with Crippen LogP contribution in [0.25, 0.3) is 0 Å².